The number of carbonyl (C=O) groups excluding carboxylic acids is 1. The van der Waals surface area contributed by atoms with Crippen molar-refractivity contribution >= 4 is 45.5 Å². The van der Waals surface area contributed by atoms with Gasteiger partial charge in [0.05, 0.1) is 11.4 Å². The molecular formula is C24H25N5OS3. The zero-order valence-electron chi connectivity index (χ0n) is 18.8. The summed E-state index contributed by atoms with van der Waals surface area (Å²) in [6.45, 7) is 10.8. The fraction of sp³-hybridized carbons (Fsp3) is 0.250. The Morgan fingerprint density at radius 1 is 1.18 bits per heavy atom. The van der Waals surface area contributed by atoms with Crippen LogP contribution in [0.15, 0.2) is 52.8 Å². The Bertz CT molecular complexity index is 1270. The fourth-order valence-electron chi connectivity index (χ4n) is 3.47. The number of thioether (sulfide) groups is 1. The Hall–Kier alpha value is -2.75. The van der Waals surface area contributed by atoms with Gasteiger partial charge in [-0.05, 0) is 25.8 Å². The predicted octanol–water partition coefficient (Wildman–Crippen LogP) is 6.23. The van der Waals surface area contributed by atoms with E-state index >= 15 is 0 Å². The maximum Gasteiger partial charge on any atom is 0.236 e. The van der Waals surface area contributed by atoms with Crippen molar-refractivity contribution in [2.45, 2.75) is 38.9 Å². The number of nitrogens with one attached hydrogen (secondary N) is 1. The van der Waals surface area contributed by atoms with Crippen molar-refractivity contribution in [2.24, 2.45) is 0 Å². The van der Waals surface area contributed by atoms with Gasteiger partial charge in [-0.25, -0.2) is 4.98 Å². The largest absolute Gasteiger partial charge is 0.301 e. The van der Waals surface area contributed by atoms with Gasteiger partial charge in [-0.1, -0.05) is 54.6 Å². The summed E-state index contributed by atoms with van der Waals surface area (Å²) >= 11 is 4.51. The molecule has 0 aliphatic rings. The van der Waals surface area contributed by atoms with Crippen LogP contribution in [0.25, 0.3) is 22.6 Å². The number of rotatable bonds is 9. The second kappa shape index (κ2) is 10.5. The van der Waals surface area contributed by atoms with Crippen LogP contribution in [0, 0.1) is 13.8 Å². The van der Waals surface area contributed by atoms with E-state index in [1.54, 1.807) is 11.3 Å². The van der Waals surface area contributed by atoms with E-state index in [-0.39, 0.29) is 11.7 Å². The monoisotopic (exact) mass is 495 g/mol. The number of carbonyl (C=O) groups is 1. The minimum absolute atomic E-state index is 0.125. The molecule has 4 rings (SSSR count). The van der Waals surface area contributed by atoms with E-state index in [1.807, 2.05) is 28.2 Å². The Morgan fingerprint density at radius 2 is 1.97 bits per heavy atom. The average Bonchev–Trinajstić information content (AvgIpc) is 3.52. The highest BCUT2D eigenvalue weighted by molar-refractivity contribution is 7.99. The molecule has 1 aromatic carbocycles. The molecule has 0 fully saturated rings. The first-order valence-corrected chi connectivity index (χ1v) is 13.3. The standard InChI is InChI=1S/C24H25N5OS3/c1-5-11-29-22(19-12-31-16(4)18(19)6-2)27-28-24(29)33-14-21(30)26-23-25-20(13-32-23)17-9-7-15(3)8-10-17/h5,7-10,12-13H,1,6,11,14H2,2-4H3,(H,25,26,30). The van der Waals surface area contributed by atoms with Gasteiger partial charge < -0.3 is 5.32 Å². The predicted molar refractivity (Wildman–Crippen MR) is 139 cm³/mol. The first-order chi connectivity index (χ1) is 16.0. The number of anilines is 1. The Balaban J connectivity index is 1.44. The molecule has 9 heteroatoms. The molecule has 170 valence electrons. The SMILES string of the molecule is C=CCn1c(SCC(=O)Nc2nc(-c3ccc(C)cc3)cs2)nnc1-c1csc(C)c1CC. The van der Waals surface area contributed by atoms with Gasteiger partial charge in [0.2, 0.25) is 5.91 Å². The number of aryl methyl sites for hydroxylation is 2. The number of thiophene rings is 1. The number of hydrogen-bond donors (Lipinski definition) is 1. The van der Waals surface area contributed by atoms with Crippen molar-refractivity contribution in [2.75, 3.05) is 11.1 Å². The highest BCUT2D eigenvalue weighted by atomic mass is 32.2. The highest BCUT2D eigenvalue weighted by Gasteiger charge is 2.19. The first kappa shape index (κ1) is 23.4. The Kier molecular flexibility index (Phi) is 7.42. The number of allylic oxidation sites excluding steroid dienone is 1. The number of benzene rings is 1. The van der Waals surface area contributed by atoms with Gasteiger partial charge in [0.25, 0.3) is 0 Å². The van der Waals surface area contributed by atoms with Crippen LogP contribution in [-0.4, -0.2) is 31.4 Å². The van der Waals surface area contributed by atoms with Crippen molar-refractivity contribution in [3.8, 4) is 22.6 Å². The smallest absolute Gasteiger partial charge is 0.236 e. The lowest BCUT2D eigenvalue weighted by Crippen LogP contribution is -2.14. The lowest BCUT2D eigenvalue weighted by molar-refractivity contribution is -0.113. The summed E-state index contributed by atoms with van der Waals surface area (Å²) in [7, 11) is 0. The molecule has 0 spiro atoms. The molecule has 0 unspecified atom stereocenters. The molecule has 6 nitrogen and oxygen atoms in total. The van der Waals surface area contributed by atoms with Gasteiger partial charge in [0, 0.05) is 33.3 Å². The zero-order chi connectivity index (χ0) is 23.4. The van der Waals surface area contributed by atoms with Crippen molar-refractivity contribution in [1.82, 2.24) is 19.7 Å². The second-order valence-corrected chi connectivity index (χ2v) is 10.4. The summed E-state index contributed by atoms with van der Waals surface area (Å²) in [5, 5.41) is 17.1. The maximum absolute atomic E-state index is 12.6. The van der Waals surface area contributed by atoms with E-state index in [2.05, 4.69) is 65.4 Å². The minimum atomic E-state index is -0.125. The molecule has 1 amide bonds. The van der Waals surface area contributed by atoms with E-state index in [0.29, 0.717) is 16.8 Å². The average molecular weight is 496 g/mol. The molecule has 0 radical (unpaired) electrons. The van der Waals surface area contributed by atoms with Crippen molar-refractivity contribution < 1.29 is 4.79 Å². The Labute approximate surface area is 205 Å². The zero-order valence-corrected chi connectivity index (χ0v) is 21.2. The summed E-state index contributed by atoms with van der Waals surface area (Å²) in [5.74, 6) is 0.916. The molecule has 0 atom stereocenters. The van der Waals surface area contributed by atoms with Gasteiger partial charge in [-0.15, -0.1) is 39.4 Å². The molecule has 0 aliphatic carbocycles. The molecule has 0 saturated carbocycles. The van der Waals surface area contributed by atoms with Gasteiger partial charge in [0.15, 0.2) is 16.1 Å². The highest BCUT2D eigenvalue weighted by Crippen LogP contribution is 2.33. The molecular weight excluding hydrogens is 470 g/mol. The van der Waals surface area contributed by atoms with Crippen LogP contribution >= 0.6 is 34.4 Å². The van der Waals surface area contributed by atoms with Crippen molar-refractivity contribution in [1.29, 1.82) is 0 Å². The summed E-state index contributed by atoms with van der Waals surface area (Å²) in [6, 6.07) is 8.18. The summed E-state index contributed by atoms with van der Waals surface area (Å²) in [5.41, 5.74) is 5.49. The third kappa shape index (κ3) is 5.26. The third-order valence-electron chi connectivity index (χ3n) is 5.16. The summed E-state index contributed by atoms with van der Waals surface area (Å²) in [6.07, 6.45) is 2.76. The normalized spacial score (nSPS) is 11.0. The fourth-order valence-corrected chi connectivity index (χ4v) is 5.89. The minimum Gasteiger partial charge on any atom is -0.301 e. The van der Waals surface area contributed by atoms with Crippen LogP contribution in [0.1, 0.15) is 22.9 Å². The van der Waals surface area contributed by atoms with Crippen LogP contribution in [0.5, 0.6) is 0 Å². The van der Waals surface area contributed by atoms with E-state index in [4.69, 9.17) is 0 Å². The lowest BCUT2D eigenvalue weighted by Gasteiger charge is -2.08. The summed E-state index contributed by atoms with van der Waals surface area (Å²) in [4.78, 5) is 18.4. The van der Waals surface area contributed by atoms with Gasteiger partial charge in [-0.2, -0.15) is 0 Å². The van der Waals surface area contributed by atoms with Crippen molar-refractivity contribution in [3.63, 3.8) is 0 Å². The number of amides is 1. The van der Waals surface area contributed by atoms with Crippen LogP contribution in [0.3, 0.4) is 0 Å². The van der Waals surface area contributed by atoms with E-state index < -0.39 is 0 Å². The number of nitrogens with zero attached hydrogens (tertiary/aromatic N) is 4. The van der Waals surface area contributed by atoms with Crippen LogP contribution in [-0.2, 0) is 17.8 Å². The maximum atomic E-state index is 12.6. The molecule has 0 saturated heterocycles. The van der Waals surface area contributed by atoms with Crippen molar-refractivity contribution in [3.05, 3.63) is 63.7 Å². The molecule has 3 aromatic heterocycles. The molecule has 0 bridgehead atoms. The van der Waals surface area contributed by atoms with E-state index in [9.17, 15) is 4.79 Å². The molecule has 0 aliphatic heterocycles. The van der Waals surface area contributed by atoms with E-state index in [1.165, 1.54) is 39.1 Å². The molecule has 4 aromatic rings. The first-order valence-electron chi connectivity index (χ1n) is 10.6. The lowest BCUT2D eigenvalue weighted by atomic mass is 10.1. The molecule has 33 heavy (non-hydrogen) atoms. The second-order valence-electron chi connectivity index (χ2n) is 7.48. The van der Waals surface area contributed by atoms with E-state index in [0.717, 1.165) is 29.1 Å². The van der Waals surface area contributed by atoms with Gasteiger partial charge in [-0.3, -0.25) is 9.36 Å². The topological polar surface area (TPSA) is 72.7 Å². The number of hydrogen-bond acceptors (Lipinski definition) is 7. The number of aromatic nitrogens is 4. The van der Waals surface area contributed by atoms with Gasteiger partial charge >= 0.3 is 0 Å². The van der Waals surface area contributed by atoms with Crippen LogP contribution in [0.4, 0.5) is 5.13 Å². The molecule has 3 heterocycles. The summed E-state index contributed by atoms with van der Waals surface area (Å²) < 4.78 is 2.02. The number of thiazole rings is 1. The quantitative estimate of drug-likeness (QED) is 0.220. The third-order valence-corrected chi connectivity index (χ3v) is 7.83. The Morgan fingerprint density at radius 3 is 2.70 bits per heavy atom. The van der Waals surface area contributed by atoms with Gasteiger partial charge in [0.1, 0.15) is 0 Å². The van der Waals surface area contributed by atoms with Crippen LogP contribution < -0.4 is 5.32 Å². The van der Waals surface area contributed by atoms with Crippen LogP contribution in [0.2, 0.25) is 0 Å². The molecule has 1 N–H and O–H groups in total.